The summed E-state index contributed by atoms with van der Waals surface area (Å²) < 4.78 is 0. The fraction of sp³-hybridized carbons (Fsp3) is 0.125. The van der Waals surface area contributed by atoms with Crippen LogP contribution in [0.2, 0.25) is 0 Å². The van der Waals surface area contributed by atoms with Gasteiger partial charge in [0.2, 0.25) is 5.91 Å². The predicted molar refractivity (Wildman–Crippen MR) is 89.7 cm³/mol. The van der Waals surface area contributed by atoms with Crippen molar-refractivity contribution in [3.05, 3.63) is 71.8 Å². The number of amides is 2. The Morgan fingerprint density at radius 3 is 1.95 bits per heavy atom. The first-order valence-electron chi connectivity index (χ1n) is 6.33. The van der Waals surface area contributed by atoms with Crippen molar-refractivity contribution in [3.63, 3.8) is 0 Å². The predicted octanol–water partition coefficient (Wildman–Crippen LogP) is 3.84. The smallest absolute Gasteiger partial charge is 0.257 e. The highest BCUT2D eigenvalue weighted by atomic mass is 79.9. The molecule has 2 amide bonds. The average Bonchev–Trinajstić information content (AvgIpc) is 2.55. The molecule has 2 aromatic carbocycles. The van der Waals surface area contributed by atoms with Crippen molar-refractivity contribution >= 4 is 43.7 Å². The Morgan fingerprint density at radius 1 is 0.857 bits per heavy atom. The van der Waals surface area contributed by atoms with Gasteiger partial charge in [0.05, 0.1) is 4.83 Å². The maximum Gasteiger partial charge on any atom is 0.257 e. The van der Waals surface area contributed by atoms with Crippen molar-refractivity contribution in [1.29, 1.82) is 0 Å². The summed E-state index contributed by atoms with van der Waals surface area (Å²) in [5, 5.41) is 2.39. The Balaban J connectivity index is 2.01. The van der Waals surface area contributed by atoms with E-state index in [4.69, 9.17) is 0 Å². The third kappa shape index (κ3) is 4.25. The van der Waals surface area contributed by atoms with E-state index < -0.39 is 10.7 Å². The standard InChI is InChI=1S/C16H13Br2NO2/c17-13(11-7-3-1-4-8-11)14(18)16(21)19-15(20)12-9-5-2-6-10-12/h1-10,13-14H,(H,19,20,21). The number of carbonyl (C=O) groups is 2. The monoisotopic (exact) mass is 409 g/mol. The molecule has 5 heteroatoms. The maximum atomic E-state index is 12.1. The van der Waals surface area contributed by atoms with Crippen LogP contribution in [0.3, 0.4) is 0 Å². The van der Waals surface area contributed by atoms with E-state index in [1.54, 1.807) is 24.3 Å². The largest absolute Gasteiger partial charge is 0.291 e. The van der Waals surface area contributed by atoms with Gasteiger partial charge < -0.3 is 0 Å². The highest BCUT2D eigenvalue weighted by Crippen LogP contribution is 2.31. The van der Waals surface area contributed by atoms with E-state index >= 15 is 0 Å². The zero-order valence-corrected chi connectivity index (χ0v) is 14.2. The van der Waals surface area contributed by atoms with Crippen LogP contribution < -0.4 is 5.32 Å². The van der Waals surface area contributed by atoms with E-state index in [1.807, 2.05) is 36.4 Å². The van der Waals surface area contributed by atoms with Crippen molar-refractivity contribution < 1.29 is 9.59 Å². The number of imide groups is 1. The first kappa shape index (κ1) is 15.9. The summed E-state index contributed by atoms with van der Waals surface area (Å²) in [5.74, 6) is -0.785. The van der Waals surface area contributed by atoms with Gasteiger partial charge in [-0.3, -0.25) is 14.9 Å². The Morgan fingerprint density at radius 2 is 1.38 bits per heavy atom. The Labute approximate surface area is 140 Å². The Kier molecular flexibility index (Phi) is 5.70. The molecule has 0 saturated heterocycles. The fourth-order valence-electron chi connectivity index (χ4n) is 1.78. The summed E-state index contributed by atoms with van der Waals surface area (Å²) >= 11 is 6.81. The number of alkyl halides is 2. The van der Waals surface area contributed by atoms with E-state index in [0.29, 0.717) is 5.56 Å². The summed E-state index contributed by atoms with van der Waals surface area (Å²) in [4.78, 5) is 23.3. The highest BCUT2D eigenvalue weighted by molar-refractivity contribution is 9.12. The molecular weight excluding hydrogens is 398 g/mol. The van der Waals surface area contributed by atoms with Crippen LogP contribution in [-0.2, 0) is 4.79 Å². The lowest BCUT2D eigenvalue weighted by Gasteiger charge is -2.16. The van der Waals surface area contributed by atoms with E-state index in [-0.39, 0.29) is 10.7 Å². The van der Waals surface area contributed by atoms with Gasteiger partial charge in [0.25, 0.3) is 5.91 Å². The molecule has 2 rings (SSSR count). The van der Waals surface area contributed by atoms with E-state index in [9.17, 15) is 9.59 Å². The van der Waals surface area contributed by atoms with E-state index in [0.717, 1.165) is 5.56 Å². The van der Waals surface area contributed by atoms with Crippen LogP contribution >= 0.6 is 31.9 Å². The van der Waals surface area contributed by atoms with Crippen molar-refractivity contribution in [3.8, 4) is 0 Å². The SMILES string of the molecule is O=C(NC(=O)C(Br)C(Br)c1ccccc1)c1ccccc1. The molecular formula is C16H13Br2NO2. The third-order valence-electron chi connectivity index (χ3n) is 2.90. The van der Waals surface area contributed by atoms with Gasteiger partial charge in [-0.2, -0.15) is 0 Å². The first-order valence-corrected chi connectivity index (χ1v) is 8.16. The molecule has 0 spiro atoms. The van der Waals surface area contributed by atoms with Crippen LogP contribution in [0.4, 0.5) is 0 Å². The van der Waals surface area contributed by atoms with Gasteiger partial charge in [-0.25, -0.2) is 0 Å². The Bertz CT molecular complexity index is 617. The van der Waals surface area contributed by atoms with Crippen LogP contribution in [0, 0.1) is 0 Å². The van der Waals surface area contributed by atoms with Crippen molar-refractivity contribution in [1.82, 2.24) is 5.32 Å². The van der Waals surface area contributed by atoms with Crippen LogP contribution in [0.5, 0.6) is 0 Å². The molecule has 0 fully saturated rings. The molecule has 2 atom stereocenters. The molecule has 2 unspecified atom stereocenters. The van der Waals surface area contributed by atoms with Crippen LogP contribution in [0.15, 0.2) is 60.7 Å². The van der Waals surface area contributed by atoms with Gasteiger partial charge in [0, 0.05) is 5.56 Å². The number of carbonyl (C=O) groups excluding carboxylic acids is 2. The minimum atomic E-state index is -0.549. The van der Waals surface area contributed by atoms with E-state index in [2.05, 4.69) is 37.2 Å². The molecule has 0 aliphatic carbocycles. The zero-order valence-electron chi connectivity index (χ0n) is 11.0. The third-order valence-corrected chi connectivity index (χ3v) is 5.61. The second-order valence-electron chi connectivity index (χ2n) is 4.40. The van der Waals surface area contributed by atoms with Gasteiger partial charge in [-0.1, -0.05) is 80.4 Å². The number of hydrogen-bond acceptors (Lipinski definition) is 2. The zero-order chi connectivity index (χ0) is 15.2. The summed E-state index contributed by atoms with van der Waals surface area (Å²) in [6.07, 6.45) is 0. The molecule has 2 aromatic rings. The number of nitrogens with one attached hydrogen (secondary N) is 1. The summed E-state index contributed by atoms with van der Waals surface area (Å²) in [7, 11) is 0. The quantitative estimate of drug-likeness (QED) is 0.778. The fourth-order valence-corrected chi connectivity index (χ4v) is 2.75. The van der Waals surface area contributed by atoms with Crippen molar-refractivity contribution in [2.45, 2.75) is 9.65 Å². The van der Waals surface area contributed by atoms with Gasteiger partial charge in [0.1, 0.15) is 4.83 Å². The van der Waals surface area contributed by atoms with Gasteiger partial charge in [-0.05, 0) is 17.7 Å². The minimum absolute atomic E-state index is 0.220. The molecule has 0 aromatic heterocycles. The molecule has 0 saturated carbocycles. The van der Waals surface area contributed by atoms with Gasteiger partial charge >= 0.3 is 0 Å². The maximum absolute atomic E-state index is 12.1. The second-order valence-corrected chi connectivity index (χ2v) is 6.37. The molecule has 0 radical (unpaired) electrons. The lowest BCUT2D eigenvalue weighted by Crippen LogP contribution is -2.37. The minimum Gasteiger partial charge on any atom is -0.291 e. The Hall–Kier alpha value is -1.46. The topological polar surface area (TPSA) is 46.2 Å². The van der Waals surface area contributed by atoms with Gasteiger partial charge in [0.15, 0.2) is 0 Å². The molecule has 0 heterocycles. The molecule has 108 valence electrons. The number of rotatable bonds is 4. The summed E-state index contributed by atoms with van der Waals surface area (Å²) in [5.41, 5.74) is 1.41. The number of halogens is 2. The number of benzene rings is 2. The normalized spacial score (nSPS) is 13.2. The van der Waals surface area contributed by atoms with Crippen LogP contribution in [0.1, 0.15) is 20.7 Å². The van der Waals surface area contributed by atoms with Crippen molar-refractivity contribution in [2.75, 3.05) is 0 Å². The number of hydrogen-bond donors (Lipinski definition) is 1. The molecule has 0 bridgehead atoms. The van der Waals surface area contributed by atoms with Crippen LogP contribution in [-0.4, -0.2) is 16.6 Å². The lowest BCUT2D eigenvalue weighted by atomic mass is 10.1. The molecule has 1 N–H and O–H groups in total. The second kappa shape index (κ2) is 7.52. The summed E-state index contributed by atoms with van der Waals surface area (Å²) in [6, 6.07) is 18.2. The lowest BCUT2D eigenvalue weighted by molar-refractivity contribution is -0.119. The summed E-state index contributed by atoms with van der Waals surface area (Å²) in [6.45, 7) is 0. The molecule has 0 aliphatic rings. The van der Waals surface area contributed by atoms with Crippen molar-refractivity contribution in [2.24, 2.45) is 0 Å². The molecule has 3 nitrogen and oxygen atoms in total. The van der Waals surface area contributed by atoms with Gasteiger partial charge in [-0.15, -0.1) is 0 Å². The highest BCUT2D eigenvalue weighted by Gasteiger charge is 2.26. The average molecular weight is 411 g/mol. The van der Waals surface area contributed by atoms with Crippen LogP contribution in [0.25, 0.3) is 0 Å². The molecule has 21 heavy (non-hydrogen) atoms. The van der Waals surface area contributed by atoms with E-state index in [1.165, 1.54) is 0 Å². The molecule has 0 aliphatic heterocycles. The first-order chi connectivity index (χ1) is 10.1.